The molecule has 6 nitrogen and oxygen atoms in total. The first kappa shape index (κ1) is 18.2. The second-order valence-electron chi connectivity index (χ2n) is 7.35. The van der Waals surface area contributed by atoms with Crippen LogP contribution in [0.25, 0.3) is 17.0 Å². The van der Waals surface area contributed by atoms with E-state index in [1.54, 1.807) is 22.9 Å². The molecular formula is C21H17Cl2N5O. The second-order valence-corrected chi connectivity index (χ2v) is 8.16. The zero-order valence-corrected chi connectivity index (χ0v) is 17.1. The fraction of sp³-hybridized carbons (Fsp3) is 0.190. The topological polar surface area (TPSA) is 75.6 Å². The second kappa shape index (κ2) is 6.90. The minimum Gasteiger partial charge on any atom is -0.338 e. The van der Waals surface area contributed by atoms with E-state index in [4.69, 9.17) is 28.3 Å². The van der Waals surface area contributed by atoms with Crippen LogP contribution in [-0.2, 0) is 6.42 Å². The van der Waals surface area contributed by atoms with Crippen LogP contribution in [0, 0.1) is 5.92 Å². The van der Waals surface area contributed by atoms with Crippen LogP contribution in [0.15, 0.2) is 42.5 Å². The van der Waals surface area contributed by atoms with Crippen molar-refractivity contribution in [3.05, 3.63) is 63.8 Å². The van der Waals surface area contributed by atoms with E-state index in [0.717, 1.165) is 23.1 Å². The van der Waals surface area contributed by atoms with Crippen LogP contribution < -0.4 is 5.32 Å². The summed E-state index contributed by atoms with van der Waals surface area (Å²) in [6.45, 7) is 2.07. The third kappa shape index (κ3) is 3.18. The van der Waals surface area contributed by atoms with E-state index >= 15 is 0 Å². The largest absolute Gasteiger partial charge is 0.338 e. The highest BCUT2D eigenvalue weighted by molar-refractivity contribution is 6.42. The molecule has 8 heteroatoms. The van der Waals surface area contributed by atoms with Gasteiger partial charge in [-0.15, -0.1) is 5.10 Å². The van der Waals surface area contributed by atoms with Gasteiger partial charge in [0.15, 0.2) is 11.6 Å². The molecule has 0 amide bonds. The summed E-state index contributed by atoms with van der Waals surface area (Å²) >= 11 is 12.2. The Labute approximate surface area is 176 Å². The van der Waals surface area contributed by atoms with Crippen molar-refractivity contribution < 1.29 is 4.79 Å². The van der Waals surface area contributed by atoms with Gasteiger partial charge in [0, 0.05) is 12.1 Å². The Morgan fingerprint density at radius 2 is 1.97 bits per heavy atom. The van der Waals surface area contributed by atoms with Gasteiger partial charge in [0.2, 0.25) is 5.95 Å². The number of para-hydroxylation sites is 2. The Morgan fingerprint density at radius 1 is 1.14 bits per heavy atom. The molecule has 146 valence electrons. The predicted octanol–water partition coefficient (Wildman–Crippen LogP) is 5.56. The van der Waals surface area contributed by atoms with E-state index in [0.29, 0.717) is 39.5 Å². The van der Waals surface area contributed by atoms with Gasteiger partial charge in [-0.05, 0) is 42.7 Å². The molecule has 1 aliphatic carbocycles. The molecule has 5 rings (SSSR count). The molecule has 0 fully saturated rings. The van der Waals surface area contributed by atoms with Crippen LogP contribution in [0.1, 0.15) is 29.4 Å². The summed E-state index contributed by atoms with van der Waals surface area (Å²) in [6, 6.07) is 13.0. The lowest BCUT2D eigenvalue weighted by atomic mass is 9.88. The maximum Gasteiger partial charge on any atom is 0.229 e. The van der Waals surface area contributed by atoms with Crippen molar-refractivity contribution in [2.75, 3.05) is 5.32 Å². The molecule has 0 spiro atoms. The molecule has 0 saturated heterocycles. The van der Waals surface area contributed by atoms with Gasteiger partial charge in [-0.1, -0.05) is 42.3 Å². The number of ketones is 1. The molecular weight excluding hydrogens is 409 g/mol. The average molecular weight is 426 g/mol. The third-order valence-electron chi connectivity index (χ3n) is 5.10. The SMILES string of the molecule is CC1CC(=O)c2c(Nc3ccc(Cl)c(Cl)c3)nn(-c3nc4ccccc4[nH]3)c2C1. The molecule has 1 aliphatic rings. The lowest BCUT2D eigenvalue weighted by Gasteiger charge is -2.18. The molecule has 2 N–H and O–H groups in total. The lowest BCUT2D eigenvalue weighted by Crippen LogP contribution is -2.20. The quantitative estimate of drug-likeness (QED) is 0.450. The smallest absolute Gasteiger partial charge is 0.229 e. The van der Waals surface area contributed by atoms with Crippen molar-refractivity contribution in [2.45, 2.75) is 19.8 Å². The zero-order chi connectivity index (χ0) is 20.1. The van der Waals surface area contributed by atoms with E-state index in [1.165, 1.54) is 0 Å². The highest BCUT2D eigenvalue weighted by Gasteiger charge is 2.32. The Balaban J connectivity index is 1.64. The average Bonchev–Trinajstić information content (AvgIpc) is 3.26. The predicted molar refractivity (Wildman–Crippen MR) is 115 cm³/mol. The van der Waals surface area contributed by atoms with Crippen molar-refractivity contribution in [1.82, 2.24) is 19.7 Å². The van der Waals surface area contributed by atoms with Crippen LogP contribution in [0.2, 0.25) is 10.0 Å². The van der Waals surface area contributed by atoms with Gasteiger partial charge in [-0.25, -0.2) is 9.67 Å². The maximum atomic E-state index is 12.9. The number of H-pyrrole nitrogens is 1. The molecule has 2 aromatic carbocycles. The molecule has 2 aromatic heterocycles. The number of carbonyl (C=O) groups excluding carboxylic acids is 1. The first-order valence-electron chi connectivity index (χ1n) is 9.32. The number of imidazole rings is 1. The lowest BCUT2D eigenvalue weighted by molar-refractivity contribution is 0.0953. The van der Waals surface area contributed by atoms with Crippen LogP contribution in [-0.4, -0.2) is 25.5 Å². The summed E-state index contributed by atoms with van der Waals surface area (Å²) in [5.74, 6) is 1.40. The fourth-order valence-electron chi connectivity index (χ4n) is 3.77. The number of hydrogen-bond acceptors (Lipinski definition) is 4. The highest BCUT2D eigenvalue weighted by atomic mass is 35.5. The van der Waals surface area contributed by atoms with E-state index in [2.05, 4.69) is 22.2 Å². The van der Waals surface area contributed by atoms with Crippen molar-refractivity contribution in [2.24, 2.45) is 5.92 Å². The van der Waals surface area contributed by atoms with Crippen LogP contribution >= 0.6 is 23.2 Å². The summed E-state index contributed by atoms with van der Waals surface area (Å²) in [6.07, 6.45) is 1.24. The number of nitrogens with zero attached hydrogens (tertiary/aromatic N) is 3. The normalized spacial score (nSPS) is 16.2. The summed E-state index contributed by atoms with van der Waals surface area (Å²) in [5.41, 5.74) is 3.94. The minimum atomic E-state index is 0.0728. The van der Waals surface area contributed by atoms with Crippen molar-refractivity contribution in [1.29, 1.82) is 0 Å². The molecule has 0 bridgehead atoms. The molecule has 2 heterocycles. The number of carbonyl (C=O) groups is 1. The van der Waals surface area contributed by atoms with Gasteiger partial charge in [0.1, 0.15) is 0 Å². The van der Waals surface area contributed by atoms with Crippen molar-refractivity contribution in [3.63, 3.8) is 0 Å². The first-order chi connectivity index (χ1) is 14.0. The van der Waals surface area contributed by atoms with Gasteiger partial charge in [-0.2, -0.15) is 0 Å². The van der Waals surface area contributed by atoms with Crippen molar-refractivity contribution >= 4 is 51.5 Å². The Morgan fingerprint density at radius 3 is 2.76 bits per heavy atom. The number of aromatic nitrogens is 4. The van der Waals surface area contributed by atoms with Crippen LogP contribution in [0.3, 0.4) is 0 Å². The monoisotopic (exact) mass is 425 g/mol. The van der Waals surface area contributed by atoms with Gasteiger partial charge < -0.3 is 10.3 Å². The van der Waals surface area contributed by atoms with Gasteiger partial charge in [0.05, 0.1) is 32.3 Å². The molecule has 1 unspecified atom stereocenters. The minimum absolute atomic E-state index is 0.0728. The first-order valence-corrected chi connectivity index (χ1v) is 10.1. The van der Waals surface area contributed by atoms with Gasteiger partial charge in [0.25, 0.3) is 0 Å². The van der Waals surface area contributed by atoms with E-state index in [1.807, 2.05) is 24.3 Å². The fourth-order valence-corrected chi connectivity index (χ4v) is 4.07. The Kier molecular flexibility index (Phi) is 4.33. The summed E-state index contributed by atoms with van der Waals surface area (Å²) in [5, 5.41) is 8.84. The summed E-state index contributed by atoms with van der Waals surface area (Å²) < 4.78 is 1.74. The van der Waals surface area contributed by atoms with E-state index in [-0.39, 0.29) is 11.7 Å². The number of benzene rings is 2. The van der Waals surface area contributed by atoms with E-state index in [9.17, 15) is 4.79 Å². The van der Waals surface area contributed by atoms with Crippen LogP contribution in [0.4, 0.5) is 11.5 Å². The molecule has 0 radical (unpaired) electrons. The van der Waals surface area contributed by atoms with Crippen LogP contribution in [0.5, 0.6) is 0 Å². The molecule has 29 heavy (non-hydrogen) atoms. The number of halogens is 2. The molecule has 0 aliphatic heterocycles. The Bertz CT molecular complexity index is 1230. The van der Waals surface area contributed by atoms with Gasteiger partial charge in [-0.3, -0.25) is 4.79 Å². The summed E-state index contributed by atoms with van der Waals surface area (Å²) in [7, 11) is 0. The number of aromatic amines is 1. The van der Waals surface area contributed by atoms with Gasteiger partial charge >= 0.3 is 0 Å². The summed E-state index contributed by atoms with van der Waals surface area (Å²) in [4.78, 5) is 20.8. The van der Waals surface area contributed by atoms with E-state index < -0.39 is 0 Å². The number of anilines is 2. The molecule has 4 aromatic rings. The Hall–Kier alpha value is -2.83. The van der Waals surface area contributed by atoms with Crippen molar-refractivity contribution in [3.8, 4) is 5.95 Å². The number of Topliss-reactive ketones (excluding diaryl/α,β-unsaturated/α-hetero) is 1. The standard InChI is InChI=1S/C21H17Cl2N5O/c1-11-8-17-19(18(29)9-11)20(24-12-6-7-13(22)14(23)10-12)27-28(17)21-25-15-4-2-3-5-16(15)26-21/h2-7,10-11H,8-9H2,1H3,(H,24,27)(H,25,26). The maximum absolute atomic E-state index is 12.9. The highest BCUT2D eigenvalue weighted by Crippen LogP contribution is 2.34. The zero-order valence-electron chi connectivity index (χ0n) is 15.5. The molecule has 1 atom stereocenters. The number of rotatable bonds is 3. The molecule has 0 saturated carbocycles. The number of fused-ring (bicyclic) bond motifs is 2. The third-order valence-corrected chi connectivity index (χ3v) is 5.83. The number of nitrogens with one attached hydrogen (secondary N) is 2. The number of hydrogen-bond donors (Lipinski definition) is 2.